The van der Waals surface area contributed by atoms with Gasteiger partial charge in [0.2, 0.25) is 0 Å². The second kappa shape index (κ2) is 8.47. The van der Waals surface area contributed by atoms with Crippen LogP contribution in [0.3, 0.4) is 0 Å². The summed E-state index contributed by atoms with van der Waals surface area (Å²) in [6.07, 6.45) is 0. The van der Waals surface area contributed by atoms with E-state index >= 15 is 0 Å². The first-order valence-electron chi connectivity index (χ1n) is 10.1. The van der Waals surface area contributed by atoms with Crippen LogP contribution in [0.5, 0.6) is 0 Å². The van der Waals surface area contributed by atoms with Gasteiger partial charge in [-0.3, -0.25) is 15.4 Å². The summed E-state index contributed by atoms with van der Waals surface area (Å²) in [6.45, 7) is 4.19. The van der Waals surface area contributed by atoms with Crippen molar-refractivity contribution in [2.75, 3.05) is 0 Å². The van der Waals surface area contributed by atoms with E-state index in [1.807, 2.05) is 12.1 Å². The van der Waals surface area contributed by atoms with Gasteiger partial charge in [-0.1, -0.05) is 84.4 Å². The summed E-state index contributed by atoms with van der Waals surface area (Å²) in [5.74, 6) is 0. The summed E-state index contributed by atoms with van der Waals surface area (Å²) in [4.78, 5) is 11.0. The molecule has 4 aromatic carbocycles. The van der Waals surface area contributed by atoms with Gasteiger partial charge in [-0.2, -0.15) is 0 Å². The Morgan fingerprint density at radius 3 is 2.30 bits per heavy atom. The average Bonchev–Trinajstić information content (AvgIpc) is 2.77. The van der Waals surface area contributed by atoms with Gasteiger partial charge < -0.3 is 0 Å². The highest BCUT2D eigenvalue weighted by molar-refractivity contribution is 5.86. The normalized spacial score (nSPS) is 13.1. The molecule has 0 aliphatic heterocycles. The Hall–Kier alpha value is -3.50. The molecule has 0 heterocycles. The second-order valence-electron chi connectivity index (χ2n) is 7.65. The molecule has 2 atom stereocenters. The highest BCUT2D eigenvalue weighted by Gasteiger charge is 2.20. The smallest absolute Gasteiger partial charge is 0.269 e. The van der Waals surface area contributed by atoms with Gasteiger partial charge >= 0.3 is 0 Å². The molecule has 0 radical (unpaired) electrons. The first-order valence-corrected chi connectivity index (χ1v) is 10.1. The van der Waals surface area contributed by atoms with Crippen LogP contribution in [0.2, 0.25) is 0 Å². The second-order valence-corrected chi connectivity index (χ2v) is 7.65. The van der Waals surface area contributed by atoms with Crippen LogP contribution in [-0.4, -0.2) is 4.92 Å². The van der Waals surface area contributed by atoms with Crippen LogP contribution in [0.25, 0.3) is 10.8 Å². The molecule has 4 heteroatoms. The zero-order valence-electron chi connectivity index (χ0n) is 17.1. The van der Waals surface area contributed by atoms with Crippen molar-refractivity contribution in [2.24, 2.45) is 0 Å². The number of nitro benzene ring substituents is 1. The van der Waals surface area contributed by atoms with Crippen molar-refractivity contribution < 1.29 is 4.92 Å². The Morgan fingerprint density at radius 2 is 1.53 bits per heavy atom. The largest absolute Gasteiger partial charge is 0.300 e. The van der Waals surface area contributed by atoms with Gasteiger partial charge in [0.05, 0.1) is 11.0 Å². The maximum atomic E-state index is 11.3. The first-order chi connectivity index (χ1) is 14.5. The van der Waals surface area contributed by atoms with E-state index in [2.05, 4.69) is 79.8 Å². The van der Waals surface area contributed by atoms with Crippen molar-refractivity contribution in [1.29, 1.82) is 0 Å². The molecule has 4 nitrogen and oxygen atoms in total. The standard InChI is InChI=1S/C26H24N2O2/c1-18-13-15-21(16-14-18)26(22-9-5-10-23(17-22)28(29)30)27-19(2)24-12-6-8-20-7-3-4-11-25(20)24/h3-17,19,26-27H,1-2H3. The number of benzene rings is 4. The topological polar surface area (TPSA) is 55.2 Å². The van der Waals surface area contributed by atoms with Crippen molar-refractivity contribution in [3.63, 3.8) is 0 Å². The Morgan fingerprint density at radius 1 is 0.833 bits per heavy atom. The van der Waals surface area contributed by atoms with Gasteiger partial charge in [0.1, 0.15) is 0 Å². The van der Waals surface area contributed by atoms with Crippen LogP contribution in [-0.2, 0) is 0 Å². The lowest BCUT2D eigenvalue weighted by atomic mass is 9.94. The predicted octanol–water partition coefficient (Wildman–Crippen LogP) is 6.50. The fourth-order valence-corrected chi connectivity index (χ4v) is 3.93. The molecular weight excluding hydrogens is 372 g/mol. The number of hydrogen-bond donors (Lipinski definition) is 1. The Bertz CT molecular complexity index is 1180. The molecule has 2 unspecified atom stereocenters. The molecule has 0 aliphatic carbocycles. The van der Waals surface area contributed by atoms with Crippen LogP contribution in [0, 0.1) is 17.0 Å². The number of aryl methyl sites for hydroxylation is 1. The average molecular weight is 396 g/mol. The molecule has 30 heavy (non-hydrogen) atoms. The van der Waals surface area contributed by atoms with E-state index in [1.54, 1.807) is 12.1 Å². The molecule has 1 N–H and O–H groups in total. The van der Waals surface area contributed by atoms with Crippen molar-refractivity contribution >= 4 is 16.5 Å². The maximum absolute atomic E-state index is 11.3. The molecule has 0 amide bonds. The van der Waals surface area contributed by atoms with Gasteiger partial charge in [0.25, 0.3) is 5.69 Å². The van der Waals surface area contributed by atoms with Crippen molar-refractivity contribution in [3.8, 4) is 0 Å². The Kier molecular flexibility index (Phi) is 5.59. The van der Waals surface area contributed by atoms with Gasteiger partial charge in [0, 0.05) is 18.2 Å². The molecule has 150 valence electrons. The lowest BCUT2D eigenvalue weighted by Crippen LogP contribution is -2.26. The fourth-order valence-electron chi connectivity index (χ4n) is 3.93. The number of nitro groups is 1. The van der Waals surface area contributed by atoms with Crippen LogP contribution in [0.4, 0.5) is 5.69 Å². The van der Waals surface area contributed by atoms with E-state index in [1.165, 1.54) is 28.0 Å². The third-order valence-corrected chi connectivity index (χ3v) is 5.53. The minimum atomic E-state index is -0.343. The third kappa shape index (κ3) is 4.09. The Balaban J connectivity index is 1.75. The predicted molar refractivity (Wildman–Crippen MR) is 122 cm³/mol. The molecule has 4 aromatic rings. The first kappa shape index (κ1) is 19.8. The van der Waals surface area contributed by atoms with Crippen molar-refractivity contribution in [2.45, 2.75) is 25.9 Å². The monoisotopic (exact) mass is 396 g/mol. The third-order valence-electron chi connectivity index (χ3n) is 5.53. The van der Waals surface area contributed by atoms with Crippen LogP contribution in [0.1, 0.15) is 41.3 Å². The molecule has 0 saturated heterocycles. The number of nitrogens with zero attached hydrogens (tertiary/aromatic N) is 1. The van der Waals surface area contributed by atoms with E-state index in [9.17, 15) is 10.1 Å². The maximum Gasteiger partial charge on any atom is 0.269 e. The quantitative estimate of drug-likeness (QED) is 0.299. The number of nitrogens with one attached hydrogen (secondary N) is 1. The number of hydrogen-bond acceptors (Lipinski definition) is 3. The van der Waals surface area contributed by atoms with Crippen LogP contribution < -0.4 is 5.32 Å². The van der Waals surface area contributed by atoms with Crippen molar-refractivity contribution in [1.82, 2.24) is 5.32 Å². The number of fused-ring (bicyclic) bond motifs is 1. The molecule has 0 spiro atoms. The molecule has 4 rings (SSSR count). The van der Waals surface area contributed by atoms with Gasteiger partial charge in [-0.15, -0.1) is 0 Å². The summed E-state index contributed by atoms with van der Waals surface area (Å²) < 4.78 is 0. The van der Waals surface area contributed by atoms with E-state index in [-0.39, 0.29) is 22.7 Å². The van der Waals surface area contributed by atoms with Gasteiger partial charge in [-0.25, -0.2) is 0 Å². The zero-order valence-corrected chi connectivity index (χ0v) is 17.1. The minimum Gasteiger partial charge on any atom is -0.300 e. The molecular formula is C26H24N2O2. The van der Waals surface area contributed by atoms with Crippen LogP contribution >= 0.6 is 0 Å². The lowest BCUT2D eigenvalue weighted by Gasteiger charge is -2.25. The van der Waals surface area contributed by atoms with Gasteiger partial charge in [0.15, 0.2) is 0 Å². The lowest BCUT2D eigenvalue weighted by molar-refractivity contribution is -0.384. The highest BCUT2D eigenvalue weighted by atomic mass is 16.6. The SMILES string of the molecule is Cc1ccc(C(NC(C)c2cccc3ccccc23)c2cccc([N+](=O)[O-])c2)cc1. The fraction of sp³-hybridized carbons (Fsp3) is 0.154. The minimum absolute atomic E-state index is 0.0432. The summed E-state index contributed by atoms with van der Waals surface area (Å²) in [7, 11) is 0. The number of rotatable bonds is 6. The van der Waals surface area contributed by atoms with Crippen LogP contribution in [0.15, 0.2) is 91.0 Å². The van der Waals surface area contributed by atoms with E-state index in [4.69, 9.17) is 0 Å². The highest BCUT2D eigenvalue weighted by Crippen LogP contribution is 2.31. The molecule has 0 aromatic heterocycles. The zero-order chi connectivity index (χ0) is 21.1. The summed E-state index contributed by atoms with van der Waals surface area (Å²) in [5.41, 5.74) is 4.44. The molecule has 0 saturated carbocycles. The van der Waals surface area contributed by atoms with E-state index in [0.29, 0.717) is 0 Å². The molecule has 0 aliphatic rings. The van der Waals surface area contributed by atoms with E-state index in [0.717, 1.165) is 11.1 Å². The summed E-state index contributed by atoms with van der Waals surface area (Å²) in [6, 6.07) is 29.8. The summed E-state index contributed by atoms with van der Waals surface area (Å²) in [5, 5.41) is 17.5. The summed E-state index contributed by atoms with van der Waals surface area (Å²) >= 11 is 0. The molecule has 0 bridgehead atoms. The number of non-ortho nitro benzene ring substituents is 1. The Labute approximate surface area is 176 Å². The molecule has 0 fully saturated rings. The van der Waals surface area contributed by atoms with E-state index < -0.39 is 0 Å². The van der Waals surface area contributed by atoms with Crippen molar-refractivity contribution in [3.05, 3.63) is 123 Å². The van der Waals surface area contributed by atoms with Gasteiger partial charge in [-0.05, 0) is 41.3 Å².